The van der Waals surface area contributed by atoms with E-state index in [0.29, 0.717) is 13.2 Å². The molecular formula is C16H20N2O4. The lowest BCUT2D eigenvalue weighted by molar-refractivity contribution is -0.137. The van der Waals surface area contributed by atoms with Crippen LogP contribution in [0.2, 0.25) is 0 Å². The topological polar surface area (TPSA) is 73.6 Å². The summed E-state index contributed by atoms with van der Waals surface area (Å²) in [6.45, 7) is 4.67. The molecule has 0 aliphatic rings. The highest BCUT2D eigenvalue weighted by atomic mass is 16.5. The highest BCUT2D eigenvalue weighted by Gasteiger charge is 2.15. The van der Waals surface area contributed by atoms with Crippen LogP contribution in [0.3, 0.4) is 0 Å². The fraction of sp³-hybridized carbons (Fsp3) is 0.375. The zero-order chi connectivity index (χ0) is 16.1. The van der Waals surface area contributed by atoms with Crippen LogP contribution < -0.4 is 4.74 Å². The van der Waals surface area contributed by atoms with Crippen LogP contribution in [-0.4, -0.2) is 41.2 Å². The Labute approximate surface area is 129 Å². The summed E-state index contributed by atoms with van der Waals surface area (Å²) in [5, 5.41) is 13.2. The number of hydrogen-bond acceptors (Lipinski definition) is 4. The van der Waals surface area contributed by atoms with E-state index in [4.69, 9.17) is 14.6 Å². The molecule has 1 N–H and O–H groups in total. The van der Waals surface area contributed by atoms with E-state index in [-0.39, 0.29) is 6.54 Å². The van der Waals surface area contributed by atoms with Gasteiger partial charge in [-0.25, -0.2) is 0 Å². The van der Waals surface area contributed by atoms with Gasteiger partial charge in [0.25, 0.3) is 0 Å². The minimum Gasteiger partial charge on any atom is -0.491 e. The van der Waals surface area contributed by atoms with E-state index in [9.17, 15) is 4.79 Å². The standard InChI is InChI=1S/C16H20N2O4/c1-11-16(12(2)18(17-11)10-15(19)20)13-4-6-14(7-5-13)22-9-8-21-3/h4-7H,8-10H2,1-3H3,(H,19,20). The lowest BCUT2D eigenvalue weighted by atomic mass is 10.0. The second-order valence-corrected chi connectivity index (χ2v) is 4.96. The molecular weight excluding hydrogens is 284 g/mol. The van der Waals surface area contributed by atoms with Gasteiger partial charge >= 0.3 is 5.97 Å². The molecule has 6 heteroatoms. The van der Waals surface area contributed by atoms with Gasteiger partial charge in [0.05, 0.1) is 12.3 Å². The molecule has 0 saturated carbocycles. The predicted octanol–water partition coefficient (Wildman–Crippen LogP) is 2.28. The number of carboxylic acids is 1. The molecule has 118 valence electrons. The van der Waals surface area contributed by atoms with Gasteiger partial charge < -0.3 is 14.6 Å². The van der Waals surface area contributed by atoms with Crippen LogP contribution in [0, 0.1) is 13.8 Å². The lowest BCUT2D eigenvalue weighted by Gasteiger charge is -2.07. The third-order valence-corrected chi connectivity index (χ3v) is 3.37. The van der Waals surface area contributed by atoms with Crippen LogP contribution in [-0.2, 0) is 16.1 Å². The van der Waals surface area contributed by atoms with Crippen molar-refractivity contribution >= 4 is 5.97 Å². The Bertz CT molecular complexity index is 647. The summed E-state index contributed by atoms with van der Waals surface area (Å²) < 4.78 is 12.0. The molecule has 0 radical (unpaired) electrons. The number of methoxy groups -OCH3 is 1. The second kappa shape index (κ2) is 7.09. The van der Waals surface area contributed by atoms with Crippen molar-refractivity contribution in [3.63, 3.8) is 0 Å². The molecule has 1 aromatic carbocycles. The highest BCUT2D eigenvalue weighted by molar-refractivity contribution is 5.71. The first kappa shape index (κ1) is 16.0. The quantitative estimate of drug-likeness (QED) is 0.794. The molecule has 0 aliphatic carbocycles. The summed E-state index contributed by atoms with van der Waals surface area (Å²) >= 11 is 0. The van der Waals surface area contributed by atoms with E-state index in [1.165, 1.54) is 4.68 Å². The van der Waals surface area contributed by atoms with Crippen molar-refractivity contribution in [2.45, 2.75) is 20.4 Å². The Morgan fingerprint density at radius 1 is 1.23 bits per heavy atom. The largest absolute Gasteiger partial charge is 0.491 e. The molecule has 22 heavy (non-hydrogen) atoms. The maximum absolute atomic E-state index is 10.9. The van der Waals surface area contributed by atoms with Crippen LogP contribution in [0.25, 0.3) is 11.1 Å². The van der Waals surface area contributed by atoms with Crippen molar-refractivity contribution in [1.29, 1.82) is 0 Å². The van der Waals surface area contributed by atoms with Crippen molar-refractivity contribution in [2.75, 3.05) is 20.3 Å². The van der Waals surface area contributed by atoms with Crippen molar-refractivity contribution in [1.82, 2.24) is 9.78 Å². The maximum atomic E-state index is 10.9. The smallest absolute Gasteiger partial charge is 0.325 e. The van der Waals surface area contributed by atoms with Gasteiger partial charge in [0.15, 0.2) is 0 Å². The minimum absolute atomic E-state index is 0.134. The van der Waals surface area contributed by atoms with Crippen LogP contribution in [0.15, 0.2) is 24.3 Å². The number of aryl methyl sites for hydroxylation is 1. The molecule has 0 amide bonds. The molecule has 1 aromatic heterocycles. The zero-order valence-corrected chi connectivity index (χ0v) is 13.0. The van der Waals surface area contributed by atoms with Crippen LogP contribution in [0.1, 0.15) is 11.4 Å². The fourth-order valence-electron chi connectivity index (χ4n) is 2.36. The van der Waals surface area contributed by atoms with E-state index in [0.717, 1.165) is 28.3 Å². The Balaban J connectivity index is 2.21. The third-order valence-electron chi connectivity index (χ3n) is 3.37. The molecule has 2 aromatic rings. The fourth-order valence-corrected chi connectivity index (χ4v) is 2.36. The number of benzene rings is 1. The van der Waals surface area contributed by atoms with Gasteiger partial charge in [-0.05, 0) is 31.5 Å². The highest BCUT2D eigenvalue weighted by Crippen LogP contribution is 2.28. The number of aliphatic carboxylic acids is 1. The lowest BCUT2D eigenvalue weighted by Crippen LogP contribution is -2.11. The van der Waals surface area contributed by atoms with Gasteiger partial charge in [0, 0.05) is 18.4 Å². The summed E-state index contributed by atoms with van der Waals surface area (Å²) in [5.41, 5.74) is 3.61. The van der Waals surface area contributed by atoms with Crippen molar-refractivity contribution < 1.29 is 19.4 Å². The van der Waals surface area contributed by atoms with Gasteiger partial charge in [0.2, 0.25) is 0 Å². The molecule has 0 fully saturated rings. The Morgan fingerprint density at radius 3 is 2.50 bits per heavy atom. The minimum atomic E-state index is -0.904. The molecule has 0 aliphatic heterocycles. The number of rotatable bonds is 7. The van der Waals surface area contributed by atoms with Gasteiger partial charge in [0.1, 0.15) is 18.9 Å². The third kappa shape index (κ3) is 3.65. The molecule has 6 nitrogen and oxygen atoms in total. The summed E-state index contributed by atoms with van der Waals surface area (Å²) in [5.74, 6) is -0.131. The average molecular weight is 304 g/mol. The summed E-state index contributed by atoms with van der Waals surface area (Å²) in [7, 11) is 1.63. The molecule has 0 saturated heterocycles. The number of nitrogens with zero attached hydrogens (tertiary/aromatic N) is 2. The summed E-state index contributed by atoms with van der Waals surface area (Å²) in [6.07, 6.45) is 0. The van der Waals surface area contributed by atoms with Gasteiger partial charge in [-0.1, -0.05) is 12.1 Å². The average Bonchev–Trinajstić information content (AvgIpc) is 2.74. The van der Waals surface area contributed by atoms with E-state index in [1.807, 2.05) is 38.1 Å². The van der Waals surface area contributed by atoms with E-state index in [1.54, 1.807) is 7.11 Å². The maximum Gasteiger partial charge on any atom is 0.325 e. The molecule has 2 rings (SSSR count). The second-order valence-electron chi connectivity index (χ2n) is 4.96. The molecule has 0 unspecified atom stereocenters. The Kier molecular flexibility index (Phi) is 5.16. The van der Waals surface area contributed by atoms with E-state index < -0.39 is 5.97 Å². The molecule has 1 heterocycles. The number of ether oxygens (including phenoxy) is 2. The first-order valence-corrected chi connectivity index (χ1v) is 7.01. The van der Waals surface area contributed by atoms with Gasteiger partial charge in [-0.3, -0.25) is 9.48 Å². The number of carbonyl (C=O) groups is 1. The molecule has 0 bridgehead atoms. The SMILES string of the molecule is COCCOc1ccc(-c2c(C)nn(CC(=O)O)c2C)cc1. The number of aromatic nitrogens is 2. The summed E-state index contributed by atoms with van der Waals surface area (Å²) in [4.78, 5) is 10.9. The van der Waals surface area contributed by atoms with Crippen molar-refractivity contribution in [3.8, 4) is 16.9 Å². The molecule has 0 atom stereocenters. The van der Waals surface area contributed by atoms with Crippen molar-refractivity contribution in [3.05, 3.63) is 35.7 Å². The van der Waals surface area contributed by atoms with Gasteiger partial charge in [-0.2, -0.15) is 5.10 Å². The van der Waals surface area contributed by atoms with Crippen LogP contribution in [0.4, 0.5) is 0 Å². The van der Waals surface area contributed by atoms with E-state index in [2.05, 4.69) is 5.10 Å². The Morgan fingerprint density at radius 2 is 1.91 bits per heavy atom. The monoisotopic (exact) mass is 304 g/mol. The molecule has 0 spiro atoms. The normalized spacial score (nSPS) is 10.7. The first-order valence-electron chi connectivity index (χ1n) is 7.01. The van der Waals surface area contributed by atoms with Crippen LogP contribution >= 0.6 is 0 Å². The number of hydrogen-bond donors (Lipinski definition) is 1. The summed E-state index contributed by atoms with van der Waals surface area (Å²) in [6, 6.07) is 7.67. The van der Waals surface area contributed by atoms with E-state index >= 15 is 0 Å². The predicted molar refractivity (Wildman–Crippen MR) is 82.1 cm³/mol. The number of carboxylic acid groups (broad SMARTS) is 1. The van der Waals surface area contributed by atoms with Gasteiger partial charge in [-0.15, -0.1) is 0 Å². The van der Waals surface area contributed by atoms with Crippen molar-refractivity contribution in [2.24, 2.45) is 0 Å². The first-order chi connectivity index (χ1) is 10.5. The zero-order valence-electron chi connectivity index (χ0n) is 13.0. The van der Waals surface area contributed by atoms with Crippen LogP contribution in [0.5, 0.6) is 5.75 Å². The Hall–Kier alpha value is -2.34.